The molecule has 0 aliphatic carbocycles. The van der Waals surface area contributed by atoms with Gasteiger partial charge in [-0.25, -0.2) is 9.59 Å². The van der Waals surface area contributed by atoms with Crippen LogP contribution < -0.4 is 16.6 Å². The van der Waals surface area contributed by atoms with Gasteiger partial charge in [0, 0.05) is 26.8 Å². The van der Waals surface area contributed by atoms with Gasteiger partial charge in [-0.05, 0) is 20.8 Å². The maximum atomic E-state index is 11.8. The Balaban J connectivity index is 2.70. The summed E-state index contributed by atoms with van der Waals surface area (Å²) in [6.07, 6.45) is 4.10. The molecule has 0 aliphatic heterocycles. The van der Waals surface area contributed by atoms with Crippen molar-refractivity contribution in [3.63, 3.8) is 0 Å². The quantitative estimate of drug-likeness (QED) is 0.886. The third-order valence-corrected chi connectivity index (χ3v) is 2.53. The monoisotopic (exact) mass is 295 g/mol. The van der Waals surface area contributed by atoms with Crippen molar-refractivity contribution in [3.8, 4) is 0 Å². The SMILES string of the molecule is Cn1cc(/C=C/CNC(=O)OC(C)(C)C)c(=O)n(C)c1=O. The van der Waals surface area contributed by atoms with E-state index in [1.165, 1.54) is 17.8 Å². The summed E-state index contributed by atoms with van der Waals surface area (Å²) in [4.78, 5) is 34.8. The van der Waals surface area contributed by atoms with Gasteiger partial charge in [0.25, 0.3) is 5.56 Å². The standard InChI is InChI=1S/C14H21N3O4/c1-14(2,3)21-12(19)15-8-6-7-10-9-16(4)13(20)17(5)11(10)18/h6-7,9H,8H2,1-5H3,(H,15,19)/b7-6+. The Morgan fingerprint density at radius 3 is 2.52 bits per heavy atom. The number of carbonyl (C=O) groups is 1. The van der Waals surface area contributed by atoms with E-state index >= 15 is 0 Å². The number of alkyl carbamates (subject to hydrolysis) is 1. The van der Waals surface area contributed by atoms with Crippen molar-refractivity contribution >= 4 is 12.2 Å². The van der Waals surface area contributed by atoms with E-state index in [0.717, 1.165) is 4.57 Å². The number of aromatic nitrogens is 2. The number of ether oxygens (including phenoxy) is 1. The first kappa shape index (κ1) is 16.7. The smallest absolute Gasteiger partial charge is 0.407 e. The van der Waals surface area contributed by atoms with Crippen molar-refractivity contribution in [2.45, 2.75) is 26.4 Å². The lowest BCUT2D eigenvalue weighted by Gasteiger charge is -2.19. The molecule has 1 amide bonds. The molecule has 0 saturated heterocycles. The first-order valence-electron chi connectivity index (χ1n) is 6.52. The minimum Gasteiger partial charge on any atom is -0.444 e. The fraction of sp³-hybridized carbons (Fsp3) is 0.500. The fourth-order valence-electron chi connectivity index (χ4n) is 1.59. The second kappa shape index (κ2) is 6.43. The minimum absolute atomic E-state index is 0.223. The lowest BCUT2D eigenvalue weighted by atomic mass is 10.2. The summed E-state index contributed by atoms with van der Waals surface area (Å²) in [7, 11) is 2.99. The summed E-state index contributed by atoms with van der Waals surface area (Å²) in [6, 6.07) is 0. The maximum Gasteiger partial charge on any atom is 0.407 e. The lowest BCUT2D eigenvalue weighted by Crippen LogP contribution is -2.37. The molecular weight excluding hydrogens is 274 g/mol. The van der Waals surface area contributed by atoms with Crippen LogP contribution in [0.3, 0.4) is 0 Å². The molecule has 1 aromatic heterocycles. The molecule has 0 bridgehead atoms. The molecule has 0 fully saturated rings. The molecular formula is C14H21N3O4. The third kappa shape index (κ3) is 4.94. The summed E-state index contributed by atoms with van der Waals surface area (Å²) < 4.78 is 7.42. The van der Waals surface area contributed by atoms with Gasteiger partial charge in [-0.1, -0.05) is 12.2 Å². The van der Waals surface area contributed by atoms with Gasteiger partial charge < -0.3 is 14.6 Å². The Labute approximate surface area is 122 Å². The molecule has 1 heterocycles. The lowest BCUT2D eigenvalue weighted by molar-refractivity contribution is 0.0534. The highest BCUT2D eigenvalue weighted by Crippen LogP contribution is 2.06. The van der Waals surface area contributed by atoms with Crippen LogP contribution >= 0.6 is 0 Å². The number of aryl methyl sites for hydroxylation is 1. The largest absolute Gasteiger partial charge is 0.444 e. The van der Waals surface area contributed by atoms with Crippen LogP contribution in [0, 0.1) is 0 Å². The molecule has 0 aliphatic rings. The zero-order chi connectivity index (χ0) is 16.2. The predicted molar refractivity (Wildman–Crippen MR) is 80.2 cm³/mol. The van der Waals surface area contributed by atoms with Crippen LogP contribution in [0.15, 0.2) is 21.9 Å². The molecule has 21 heavy (non-hydrogen) atoms. The van der Waals surface area contributed by atoms with Gasteiger partial charge in [0.1, 0.15) is 5.60 Å². The van der Waals surface area contributed by atoms with Crippen molar-refractivity contribution < 1.29 is 9.53 Å². The Morgan fingerprint density at radius 2 is 1.95 bits per heavy atom. The Kier molecular flexibility index (Phi) is 5.12. The van der Waals surface area contributed by atoms with Crippen LogP contribution in [0.2, 0.25) is 0 Å². The van der Waals surface area contributed by atoms with Crippen LogP contribution in [-0.2, 0) is 18.8 Å². The average Bonchev–Trinajstić information content (AvgIpc) is 2.35. The second-order valence-electron chi connectivity index (χ2n) is 5.63. The highest BCUT2D eigenvalue weighted by atomic mass is 16.6. The van der Waals surface area contributed by atoms with Gasteiger partial charge in [0.15, 0.2) is 0 Å². The van der Waals surface area contributed by atoms with Crippen molar-refractivity contribution in [1.82, 2.24) is 14.5 Å². The fourth-order valence-corrected chi connectivity index (χ4v) is 1.59. The van der Waals surface area contributed by atoms with E-state index in [4.69, 9.17) is 4.74 Å². The number of hydrogen-bond acceptors (Lipinski definition) is 4. The molecule has 1 rings (SSSR count). The number of hydrogen-bond donors (Lipinski definition) is 1. The molecule has 0 spiro atoms. The van der Waals surface area contributed by atoms with Gasteiger partial charge >= 0.3 is 11.8 Å². The maximum absolute atomic E-state index is 11.8. The van der Waals surface area contributed by atoms with E-state index in [1.54, 1.807) is 40.0 Å². The molecule has 7 nitrogen and oxygen atoms in total. The molecule has 0 atom stereocenters. The summed E-state index contributed by atoms with van der Waals surface area (Å²) in [5, 5.41) is 2.54. The van der Waals surface area contributed by atoms with Crippen molar-refractivity contribution in [1.29, 1.82) is 0 Å². The number of rotatable bonds is 3. The number of nitrogens with zero attached hydrogens (tertiary/aromatic N) is 2. The molecule has 116 valence electrons. The van der Waals surface area contributed by atoms with E-state index in [2.05, 4.69) is 5.32 Å². The molecule has 0 saturated carbocycles. The van der Waals surface area contributed by atoms with Gasteiger partial charge in [0.05, 0.1) is 5.56 Å². The first-order valence-corrected chi connectivity index (χ1v) is 6.52. The molecule has 0 radical (unpaired) electrons. The molecule has 1 aromatic rings. The molecule has 7 heteroatoms. The molecule has 0 aromatic carbocycles. The van der Waals surface area contributed by atoms with Crippen molar-refractivity contribution in [2.24, 2.45) is 14.1 Å². The van der Waals surface area contributed by atoms with Crippen LogP contribution in [0.4, 0.5) is 4.79 Å². The van der Waals surface area contributed by atoms with Gasteiger partial charge in [0.2, 0.25) is 0 Å². The van der Waals surface area contributed by atoms with E-state index in [0.29, 0.717) is 5.56 Å². The van der Waals surface area contributed by atoms with E-state index in [1.807, 2.05) is 0 Å². The number of nitrogens with one attached hydrogen (secondary N) is 1. The summed E-state index contributed by atoms with van der Waals surface area (Å²) in [5.74, 6) is 0. The summed E-state index contributed by atoms with van der Waals surface area (Å²) in [5.41, 5.74) is -0.956. The third-order valence-electron chi connectivity index (χ3n) is 2.53. The summed E-state index contributed by atoms with van der Waals surface area (Å²) >= 11 is 0. The Morgan fingerprint density at radius 1 is 1.33 bits per heavy atom. The van der Waals surface area contributed by atoms with Gasteiger partial charge in [-0.15, -0.1) is 0 Å². The average molecular weight is 295 g/mol. The van der Waals surface area contributed by atoms with Crippen LogP contribution in [0.25, 0.3) is 6.08 Å². The highest BCUT2D eigenvalue weighted by molar-refractivity contribution is 5.68. The zero-order valence-corrected chi connectivity index (χ0v) is 13.0. The van der Waals surface area contributed by atoms with E-state index in [9.17, 15) is 14.4 Å². The predicted octanol–water partition coefficient (Wildman–Crippen LogP) is 0.622. The molecule has 1 N–H and O–H groups in total. The van der Waals surface area contributed by atoms with Gasteiger partial charge in [-0.2, -0.15) is 0 Å². The number of amides is 1. The van der Waals surface area contributed by atoms with Crippen LogP contribution in [-0.4, -0.2) is 27.4 Å². The zero-order valence-electron chi connectivity index (χ0n) is 13.0. The van der Waals surface area contributed by atoms with Crippen LogP contribution in [0.5, 0.6) is 0 Å². The van der Waals surface area contributed by atoms with Crippen LogP contribution in [0.1, 0.15) is 26.3 Å². The van der Waals surface area contributed by atoms with Crippen molar-refractivity contribution in [2.75, 3.05) is 6.54 Å². The highest BCUT2D eigenvalue weighted by Gasteiger charge is 2.15. The number of carbonyl (C=O) groups excluding carboxylic acids is 1. The summed E-state index contributed by atoms with van der Waals surface area (Å²) in [6.45, 7) is 5.55. The minimum atomic E-state index is -0.554. The topological polar surface area (TPSA) is 82.3 Å². The Bertz CT molecular complexity index is 662. The first-order chi connectivity index (χ1) is 9.61. The molecule has 0 unspecified atom stereocenters. The van der Waals surface area contributed by atoms with Gasteiger partial charge in [-0.3, -0.25) is 9.36 Å². The normalized spacial score (nSPS) is 11.7. The van der Waals surface area contributed by atoms with E-state index < -0.39 is 11.7 Å². The Hall–Kier alpha value is -2.31. The second-order valence-corrected chi connectivity index (χ2v) is 5.63. The van der Waals surface area contributed by atoms with Crippen molar-refractivity contribution in [3.05, 3.63) is 38.7 Å². The van der Waals surface area contributed by atoms with E-state index in [-0.39, 0.29) is 17.8 Å².